The van der Waals surface area contributed by atoms with Crippen LogP contribution in [0.1, 0.15) is 5.56 Å². The molecule has 8 nitrogen and oxygen atoms in total. The van der Waals surface area contributed by atoms with Gasteiger partial charge in [0.2, 0.25) is 17.8 Å². The topological polar surface area (TPSA) is 96.4 Å². The zero-order valence-electron chi connectivity index (χ0n) is 19.0. The third-order valence-corrected chi connectivity index (χ3v) is 5.20. The SMILES string of the molecule is COc1ccc2ccccc2c1C=NNc1nc(Nc2ccccc2)nc(Nc2ccccc2)n1. The fourth-order valence-corrected chi connectivity index (χ4v) is 3.58. The Morgan fingerprint density at radius 3 is 1.86 bits per heavy atom. The molecule has 4 aromatic carbocycles. The van der Waals surface area contributed by atoms with E-state index in [0.717, 1.165) is 33.5 Å². The summed E-state index contributed by atoms with van der Waals surface area (Å²) in [6.07, 6.45) is 1.71. The number of hydrogen-bond donors (Lipinski definition) is 3. The van der Waals surface area contributed by atoms with Gasteiger partial charge >= 0.3 is 0 Å². The Hall–Kier alpha value is -4.98. The average Bonchev–Trinajstić information content (AvgIpc) is 2.90. The van der Waals surface area contributed by atoms with E-state index in [4.69, 9.17) is 4.74 Å². The summed E-state index contributed by atoms with van der Waals surface area (Å²) in [5.41, 5.74) is 5.51. The second-order valence-electron chi connectivity index (χ2n) is 7.56. The van der Waals surface area contributed by atoms with E-state index in [1.807, 2.05) is 91.0 Å². The molecule has 5 aromatic rings. The molecule has 0 atom stereocenters. The van der Waals surface area contributed by atoms with Gasteiger partial charge in [0, 0.05) is 16.9 Å². The molecule has 3 N–H and O–H groups in total. The number of rotatable bonds is 8. The first kappa shape index (κ1) is 21.8. The molecular weight excluding hydrogens is 438 g/mol. The molecule has 0 bridgehead atoms. The van der Waals surface area contributed by atoms with E-state index < -0.39 is 0 Å². The first-order valence-electron chi connectivity index (χ1n) is 11.0. The van der Waals surface area contributed by atoms with Gasteiger partial charge in [-0.3, -0.25) is 0 Å². The van der Waals surface area contributed by atoms with Crippen LogP contribution >= 0.6 is 0 Å². The van der Waals surface area contributed by atoms with Crippen molar-refractivity contribution in [1.29, 1.82) is 0 Å². The lowest BCUT2D eigenvalue weighted by molar-refractivity contribution is 0.415. The Morgan fingerprint density at radius 1 is 0.657 bits per heavy atom. The number of nitrogens with zero attached hydrogens (tertiary/aromatic N) is 4. The van der Waals surface area contributed by atoms with Crippen molar-refractivity contribution in [1.82, 2.24) is 15.0 Å². The summed E-state index contributed by atoms with van der Waals surface area (Å²) in [6, 6.07) is 31.4. The molecule has 172 valence electrons. The van der Waals surface area contributed by atoms with Crippen LogP contribution in [0.15, 0.2) is 102 Å². The van der Waals surface area contributed by atoms with E-state index in [1.54, 1.807) is 13.3 Å². The smallest absolute Gasteiger partial charge is 0.250 e. The maximum atomic E-state index is 5.55. The molecule has 1 heterocycles. The number of benzene rings is 4. The van der Waals surface area contributed by atoms with E-state index in [2.05, 4.69) is 42.2 Å². The number of aromatic nitrogens is 3. The van der Waals surface area contributed by atoms with Gasteiger partial charge in [0.1, 0.15) is 5.75 Å². The van der Waals surface area contributed by atoms with Crippen molar-refractivity contribution in [3.8, 4) is 5.75 Å². The molecule has 0 unspecified atom stereocenters. The molecule has 0 saturated carbocycles. The van der Waals surface area contributed by atoms with E-state index in [-0.39, 0.29) is 5.95 Å². The average molecular weight is 462 g/mol. The molecule has 0 fully saturated rings. The summed E-state index contributed by atoms with van der Waals surface area (Å²) < 4.78 is 5.55. The van der Waals surface area contributed by atoms with Gasteiger partial charge in [0.15, 0.2) is 0 Å². The van der Waals surface area contributed by atoms with Crippen molar-refractivity contribution in [3.63, 3.8) is 0 Å². The predicted molar refractivity (Wildman–Crippen MR) is 141 cm³/mol. The van der Waals surface area contributed by atoms with Gasteiger partial charge in [-0.1, -0.05) is 66.7 Å². The minimum absolute atomic E-state index is 0.285. The summed E-state index contributed by atoms with van der Waals surface area (Å²) in [6.45, 7) is 0. The van der Waals surface area contributed by atoms with Crippen molar-refractivity contribution < 1.29 is 4.74 Å². The van der Waals surface area contributed by atoms with Crippen molar-refractivity contribution >= 4 is 46.2 Å². The molecule has 0 saturated heterocycles. The van der Waals surface area contributed by atoms with Crippen LogP contribution in [0.25, 0.3) is 10.8 Å². The van der Waals surface area contributed by atoms with Crippen LogP contribution in [0.5, 0.6) is 5.75 Å². The predicted octanol–water partition coefficient (Wildman–Crippen LogP) is 5.97. The molecule has 0 aliphatic carbocycles. The molecular formula is C27H23N7O. The molecule has 5 rings (SSSR count). The first-order chi connectivity index (χ1) is 17.3. The zero-order valence-corrected chi connectivity index (χ0v) is 19.0. The Balaban J connectivity index is 1.45. The second-order valence-corrected chi connectivity index (χ2v) is 7.56. The fourth-order valence-electron chi connectivity index (χ4n) is 3.58. The molecule has 0 spiro atoms. The van der Waals surface area contributed by atoms with Gasteiger partial charge < -0.3 is 15.4 Å². The molecule has 0 amide bonds. The molecule has 0 radical (unpaired) electrons. The second kappa shape index (κ2) is 10.3. The first-order valence-corrected chi connectivity index (χ1v) is 11.0. The third-order valence-electron chi connectivity index (χ3n) is 5.20. The Labute approximate surface area is 202 Å². The molecule has 8 heteroatoms. The van der Waals surface area contributed by atoms with Crippen molar-refractivity contribution in [2.75, 3.05) is 23.2 Å². The monoisotopic (exact) mass is 461 g/mol. The maximum absolute atomic E-state index is 5.55. The highest BCUT2D eigenvalue weighted by Crippen LogP contribution is 2.26. The van der Waals surface area contributed by atoms with Crippen LogP contribution in [-0.4, -0.2) is 28.3 Å². The molecule has 0 aliphatic rings. The van der Waals surface area contributed by atoms with Crippen LogP contribution in [0, 0.1) is 0 Å². The van der Waals surface area contributed by atoms with E-state index in [1.165, 1.54) is 0 Å². The van der Waals surface area contributed by atoms with E-state index >= 15 is 0 Å². The quantitative estimate of drug-likeness (QED) is 0.194. The largest absolute Gasteiger partial charge is 0.496 e. The number of nitrogens with one attached hydrogen (secondary N) is 3. The van der Waals surface area contributed by atoms with Gasteiger partial charge in [0.05, 0.1) is 13.3 Å². The maximum Gasteiger partial charge on any atom is 0.250 e. The van der Waals surface area contributed by atoms with Crippen molar-refractivity contribution in [2.45, 2.75) is 0 Å². The standard InChI is InChI=1S/C27H23N7O/c1-35-24-17-16-19-10-8-9-15-22(19)23(24)18-28-34-27-32-25(29-20-11-4-2-5-12-20)31-26(33-27)30-21-13-6-3-7-14-21/h2-18H,1H3,(H3,29,30,31,32,33,34). The van der Waals surface area contributed by atoms with Crippen molar-refractivity contribution in [3.05, 3.63) is 103 Å². The summed E-state index contributed by atoms with van der Waals surface area (Å²) in [7, 11) is 1.64. The van der Waals surface area contributed by atoms with Gasteiger partial charge in [-0.05, 0) is 41.1 Å². The van der Waals surface area contributed by atoms with Gasteiger partial charge in [-0.25, -0.2) is 5.43 Å². The van der Waals surface area contributed by atoms with Gasteiger partial charge in [0.25, 0.3) is 0 Å². The number of fused-ring (bicyclic) bond motifs is 1. The number of hydrazone groups is 1. The van der Waals surface area contributed by atoms with Crippen LogP contribution in [0.2, 0.25) is 0 Å². The molecule has 1 aromatic heterocycles. The number of ether oxygens (including phenoxy) is 1. The summed E-state index contributed by atoms with van der Waals surface area (Å²) in [5.74, 6) is 1.77. The van der Waals surface area contributed by atoms with Crippen LogP contribution < -0.4 is 20.8 Å². The normalized spacial score (nSPS) is 10.9. The minimum Gasteiger partial charge on any atom is -0.496 e. The zero-order chi connectivity index (χ0) is 23.9. The number of para-hydroxylation sites is 2. The number of methoxy groups -OCH3 is 1. The Kier molecular flexibility index (Phi) is 6.43. The van der Waals surface area contributed by atoms with Gasteiger partial charge in [-0.15, -0.1) is 0 Å². The Morgan fingerprint density at radius 2 is 1.23 bits per heavy atom. The highest BCUT2D eigenvalue weighted by molar-refractivity contribution is 6.02. The summed E-state index contributed by atoms with van der Waals surface area (Å²) >= 11 is 0. The lowest BCUT2D eigenvalue weighted by atomic mass is 10.0. The number of hydrogen-bond acceptors (Lipinski definition) is 8. The summed E-state index contributed by atoms with van der Waals surface area (Å²) in [5, 5.41) is 12.9. The van der Waals surface area contributed by atoms with Gasteiger partial charge in [-0.2, -0.15) is 20.1 Å². The lowest BCUT2D eigenvalue weighted by Gasteiger charge is -2.10. The fraction of sp³-hybridized carbons (Fsp3) is 0.0370. The van der Waals surface area contributed by atoms with E-state index in [0.29, 0.717) is 11.9 Å². The van der Waals surface area contributed by atoms with Crippen LogP contribution in [0.3, 0.4) is 0 Å². The van der Waals surface area contributed by atoms with Crippen molar-refractivity contribution in [2.24, 2.45) is 5.10 Å². The van der Waals surface area contributed by atoms with Crippen LogP contribution in [-0.2, 0) is 0 Å². The number of anilines is 5. The molecule has 35 heavy (non-hydrogen) atoms. The van der Waals surface area contributed by atoms with Crippen LogP contribution in [0.4, 0.5) is 29.2 Å². The van der Waals surface area contributed by atoms with E-state index in [9.17, 15) is 0 Å². The highest BCUT2D eigenvalue weighted by Gasteiger charge is 2.09. The summed E-state index contributed by atoms with van der Waals surface area (Å²) in [4.78, 5) is 13.5. The highest BCUT2D eigenvalue weighted by atomic mass is 16.5. The minimum atomic E-state index is 0.285. The lowest BCUT2D eigenvalue weighted by Crippen LogP contribution is -2.07. The third kappa shape index (κ3) is 5.33. The Bertz CT molecular complexity index is 1400. The molecule has 0 aliphatic heterocycles.